The first-order chi connectivity index (χ1) is 8.20. The smallest absolute Gasteiger partial charge is 0.237 e. The van der Waals surface area contributed by atoms with Gasteiger partial charge in [-0.2, -0.15) is 0 Å². The Hall–Kier alpha value is -1.61. The van der Waals surface area contributed by atoms with Gasteiger partial charge in [-0.15, -0.1) is 6.58 Å². The maximum atomic E-state index is 12.0. The van der Waals surface area contributed by atoms with E-state index in [4.69, 9.17) is 0 Å². The molecule has 1 aromatic rings. The van der Waals surface area contributed by atoms with Crippen LogP contribution in [0.2, 0.25) is 0 Å². The highest BCUT2D eigenvalue weighted by atomic mass is 16.2. The van der Waals surface area contributed by atoms with Gasteiger partial charge in [0.1, 0.15) is 0 Å². The molecule has 1 heterocycles. The lowest BCUT2D eigenvalue weighted by Gasteiger charge is -2.26. The van der Waals surface area contributed by atoms with E-state index in [2.05, 4.69) is 29.3 Å². The quantitative estimate of drug-likeness (QED) is 0.770. The average Bonchev–Trinajstić information content (AvgIpc) is 2.38. The molecule has 17 heavy (non-hydrogen) atoms. The molecule has 0 spiro atoms. The van der Waals surface area contributed by atoms with Crippen LogP contribution >= 0.6 is 0 Å². The predicted molar refractivity (Wildman–Crippen MR) is 68.6 cm³/mol. The van der Waals surface area contributed by atoms with Gasteiger partial charge in [0.2, 0.25) is 5.91 Å². The highest BCUT2D eigenvalue weighted by Crippen LogP contribution is 2.16. The molecule has 3 nitrogen and oxygen atoms in total. The fraction of sp³-hybridized carbons (Fsp3) is 0.357. The van der Waals surface area contributed by atoms with Gasteiger partial charge >= 0.3 is 0 Å². The van der Waals surface area contributed by atoms with Crippen molar-refractivity contribution in [3.63, 3.8) is 0 Å². The molecule has 2 rings (SSSR count). The van der Waals surface area contributed by atoms with Crippen molar-refractivity contribution in [2.45, 2.75) is 32.0 Å². The maximum Gasteiger partial charge on any atom is 0.237 e. The highest BCUT2D eigenvalue weighted by molar-refractivity contribution is 5.82. The van der Waals surface area contributed by atoms with Crippen molar-refractivity contribution in [3.05, 3.63) is 48.0 Å². The summed E-state index contributed by atoms with van der Waals surface area (Å²) in [5.74, 6) is 0.0481. The number of fused-ring (bicyclic) bond motifs is 1. The van der Waals surface area contributed by atoms with E-state index < -0.39 is 0 Å². The van der Waals surface area contributed by atoms with Crippen LogP contribution in [0.4, 0.5) is 0 Å². The summed E-state index contributed by atoms with van der Waals surface area (Å²) in [5.41, 5.74) is 2.55. The molecule has 0 radical (unpaired) electrons. The minimum Gasteiger partial charge on any atom is -0.349 e. The van der Waals surface area contributed by atoms with Crippen LogP contribution in [-0.2, 0) is 17.8 Å². The zero-order valence-electron chi connectivity index (χ0n) is 10.1. The topological polar surface area (TPSA) is 41.1 Å². The Morgan fingerprint density at radius 3 is 2.94 bits per heavy atom. The summed E-state index contributed by atoms with van der Waals surface area (Å²) in [6.45, 7) is 6.34. The molecule has 3 heteroatoms. The molecule has 0 saturated carbocycles. The van der Waals surface area contributed by atoms with Crippen molar-refractivity contribution in [3.8, 4) is 0 Å². The number of hydrogen-bond donors (Lipinski definition) is 2. The van der Waals surface area contributed by atoms with E-state index in [9.17, 15) is 4.79 Å². The first kappa shape index (κ1) is 11.9. The Kier molecular flexibility index (Phi) is 3.59. The number of amides is 1. The van der Waals surface area contributed by atoms with Crippen LogP contribution in [0.5, 0.6) is 0 Å². The lowest BCUT2D eigenvalue weighted by molar-refractivity contribution is -0.123. The van der Waals surface area contributed by atoms with Gasteiger partial charge in [-0.05, 0) is 24.5 Å². The second-order valence-corrected chi connectivity index (χ2v) is 4.44. The summed E-state index contributed by atoms with van der Waals surface area (Å²) >= 11 is 0. The van der Waals surface area contributed by atoms with Crippen LogP contribution in [0.3, 0.4) is 0 Å². The predicted octanol–water partition coefficient (Wildman–Crippen LogP) is 1.39. The molecule has 1 aliphatic rings. The minimum atomic E-state index is -0.132. The lowest BCUT2D eigenvalue weighted by Crippen LogP contribution is -2.49. The van der Waals surface area contributed by atoms with Gasteiger partial charge in [-0.25, -0.2) is 0 Å². The molecular weight excluding hydrogens is 212 g/mol. The molecule has 1 amide bonds. The molecule has 0 bridgehead atoms. The van der Waals surface area contributed by atoms with E-state index in [1.165, 1.54) is 11.1 Å². The van der Waals surface area contributed by atoms with Crippen molar-refractivity contribution in [1.29, 1.82) is 0 Å². The molecule has 2 atom stereocenters. The van der Waals surface area contributed by atoms with Crippen LogP contribution < -0.4 is 10.6 Å². The van der Waals surface area contributed by atoms with Gasteiger partial charge in [-0.3, -0.25) is 4.79 Å². The van der Waals surface area contributed by atoms with Crippen molar-refractivity contribution >= 4 is 5.91 Å². The van der Waals surface area contributed by atoms with Gasteiger partial charge in [-0.1, -0.05) is 30.3 Å². The molecule has 0 saturated heterocycles. The maximum absolute atomic E-state index is 12.0. The van der Waals surface area contributed by atoms with Crippen LogP contribution in [0, 0.1) is 0 Å². The Bertz CT molecular complexity index is 428. The van der Waals surface area contributed by atoms with Gasteiger partial charge in [0.25, 0.3) is 0 Å². The van der Waals surface area contributed by atoms with Crippen LogP contribution in [0.15, 0.2) is 36.9 Å². The summed E-state index contributed by atoms with van der Waals surface area (Å²) < 4.78 is 0. The molecule has 2 unspecified atom stereocenters. The molecule has 90 valence electrons. The number of benzene rings is 1. The Morgan fingerprint density at radius 2 is 2.24 bits per heavy atom. The Morgan fingerprint density at radius 1 is 1.53 bits per heavy atom. The summed E-state index contributed by atoms with van der Waals surface area (Å²) in [5, 5.41) is 6.17. The third-order valence-electron chi connectivity index (χ3n) is 3.12. The lowest BCUT2D eigenvalue weighted by atomic mass is 9.95. The fourth-order valence-electron chi connectivity index (χ4n) is 2.02. The van der Waals surface area contributed by atoms with E-state index in [0.717, 1.165) is 13.0 Å². The molecule has 2 N–H and O–H groups in total. The van der Waals surface area contributed by atoms with Crippen molar-refractivity contribution in [2.75, 3.05) is 0 Å². The third-order valence-corrected chi connectivity index (χ3v) is 3.12. The van der Waals surface area contributed by atoms with E-state index >= 15 is 0 Å². The molecule has 0 fully saturated rings. The minimum absolute atomic E-state index is 0.0153. The summed E-state index contributed by atoms with van der Waals surface area (Å²) in [7, 11) is 0. The van der Waals surface area contributed by atoms with Crippen molar-refractivity contribution in [2.24, 2.45) is 0 Å². The van der Waals surface area contributed by atoms with Crippen LogP contribution in [0.1, 0.15) is 18.1 Å². The molecule has 0 aromatic heterocycles. The monoisotopic (exact) mass is 230 g/mol. The summed E-state index contributed by atoms with van der Waals surface area (Å²) in [4.78, 5) is 12.0. The van der Waals surface area contributed by atoms with Crippen molar-refractivity contribution < 1.29 is 4.79 Å². The second kappa shape index (κ2) is 5.15. The molecule has 1 aromatic carbocycles. The summed E-state index contributed by atoms with van der Waals surface area (Å²) in [6.07, 6.45) is 2.49. The third kappa shape index (κ3) is 2.74. The number of rotatable bonds is 3. The normalized spacial score (nSPS) is 20.2. The first-order valence-corrected chi connectivity index (χ1v) is 5.94. The van der Waals surface area contributed by atoms with E-state index in [1.807, 2.05) is 19.1 Å². The SMILES string of the molecule is C=CC(C)NC(=O)C1Cc2ccccc2CN1. The standard InChI is InChI=1S/C14H18N2O/c1-3-10(2)16-14(17)13-8-11-6-4-5-7-12(11)9-15-13/h3-7,10,13,15H,1,8-9H2,2H3,(H,16,17). The van der Waals surface area contributed by atoms with Gasteiger partial charge in [0, 0.05) is 12.6 Å². The molecular formula is C14H18N2O. The van der Waals surface area contributed by atoms with Crippen LogP contribution in [-0.4, -0.2) is 18.0 Å². The fourth-order valence-corrected chi connectivity index (χ4v) is 2.02. The number of carbonyl (C=O) groups is 1. The molecule has 0 aliphatic carbocycles. The van der Waals surface area contributed by atoms with Crippen molar-refractivity contribution in [1.82, 2.24) is 10.6 Å². The number of hydrogen-bond acceptors (Lipinski definition) is 2. The van der Waals surface area contributed by atoms with Crippen LogP contribution in [0.25, 0.3) is 0 Å². The Balaban J connectivity index is 2.02. The van der Waals surface area contributed by atoms with E-state index in [0.29, 0.717) is 0 Å². The van der Waals surface area contributed by atoms with E-state index in [1.54, 1.807) is 6.08 Å². The van der Waals surface area contributed by atoms with E-state index in [-0.39, 0.29) is 18.0 Å². The zero-order chi connectivity index (χ0) is 12.3. The average molecular weight is 230 g/mol. The highest BCUT2D eigenvalue weighted by Gasteiger charge is 2.23. The van der Waals surface area contributed by atoms with Gasteiger partial charge in [0.05, 0.1) is 6.04 Å². The number of carbonyl (C=O) groups excluding carboxylic acids is 1. The molecule has 1 aliphatic heterocycles. The Labute approximate surface area is 102 Å². The second-order valence-electron chi connectivity index (χ2n) is 4.44. The van der Waals surface area contributed by atoms with Gasteiger partial charge in [0.15, 0.2) is 0 Å². The summed E-state index contributed by atoms with van der Waals surface area (Å²) in [6, 6.07) is 8.12. The van der Waals surface area contributed by atoms with Gasteiger partial charge < -0.3 is 10.6 Å². The number of nitrogens with one attached hydrogen (secondary N) is 2. The first-order valence-electron chi connectivity index (χ1n) is 5.94. The zero-order valence-corrected chi connectivity index (χ0v) is 10.1. The largest absolute Gasteiger partial charge is 0.349 e.